The molecule has 1 aromatic heterocycles. The van der Waals surface area contributed by atoms with E-state index in [1.54, 1.807) is 6.92 Å². The summed E-state index contributed by atoms with van der Waals surface area (Å²) in [6, 6.07) is 5.83. The first kappa shape index (κ1) is 18.0. The number of aryl methyl sites for hydroxylation is 1. The van der Waals surface area contributed by atoms with Gasteiger partial charge in [0.15, 0.2) is 5.76 Å². The van der Waals surface area contributed by atoms with E-state index in [0.29, 0.717) is 23.8 Å². The predicted molar refractivity (Wildman–Crippen MR) is 87.6 cm³/mol. The van der Waals surface area contributed by atoms with Crippen molar-refractivity contribution in [1.82, 2.24) is 9.88 Å². The van der Waals surface area contributed by atoms with E-state index in [1.165, 1.54) is 24.3 Å². The van der Waals surface area contributed by atoms with E-state index in [4.69, 9.17) is 9.26 Å². The van der Waals surface area contributed by atoms with Crippen LogP contribution in [-0.2, 0) is 10.0 Å². The number of nitrogens with one attached hydrogen (secondary N) is 1. The summed E-state index contributed by atoms with van der Waals surface area (Å²) < 4.78 is 37.2. The van der Waals surface area contributed by atoms with Crippen molar-refractivity contribution in [2.75, 3.05) is 6.61 Å². The highest BCUT2D eigenvalue weighted by atomic mass is 32.2. The van der Waals surface area contributed by atoms with Gasteiger partial charge in [-0.2, -0.15) is 0 Å². The molecule has 8 heteroatoms. The van der Waals surface area contributed by atoms with Gasteiger partial charge in [-0.1, -0.05) is 19.0 Å². The van der Waals surface area contributed by atoms with Gasteiger partial charge in [-0.05, 0) is 38.1 Å². The van der Waals surface area contributed by atoms with E-state index in [-0.39, 0.29) is 16.4 Å². The number of amides is 1. The molecule has 0 saturated carbocycles. The van der Waals surface area contributed by atoms with Gasteiger partial charge < -0.3 is 9.26 Å². The molecule has 1 N–H and O–H groups in total. The molecule has 0 saturated heterocycles. The minimum atomic E-state index is -4.00. The number of rotatable bonds is 6. The molecule has 0 atom stereocenters. The number of ether oxygens (including phenoxy) is 1. The van der Waals surface area contributed by atoms with Gasteiger partial charge in [0.25, 0.3) is 15.9 Å². The molecule has 130 valence electrons. The van der Waals surface area contributed by atoms with E-state index in [2.05, 4.69) is 9.88 Å². The molecular formula is C16H20N2O5S. The Bertz CT molecular complexity index is 823. The van der Waals surface area contributed by atoms with Crippen LogP contribution < -0.4 is 9.46 Å². The van der Waals surface area contributed by atoms with E-state index in [0.717, 1.165) is 0 Å². The molecule has 0 bridgehead atoms. The van der Waals surface area contributed by atoms with Crippen molar-refractivity contribution in [2.45, 2.75) is 38.5 Å². The Morgan fingerprint density at radius 1 is 1.29 bits per heavy atom. The van der Waals surface area contributed by atoms with Gasteiger partial charge in [0.2, 0.25) is 0 Å². The highest BCUT2D eigenvalue weighted by molar-refractivity contribution is 7.90. The summed E-state index contributed by atoms with van der Waals surface area (Å²) in [5.41, 5.74) is 0.498. The number of carbonyl (C=O) groups is 1. The molecule has 0 aliphatic carbocycles. The second kappa shape index (κ2) is 7.04. The zero-order valence-corrected chi connectivity index (χ0v) is 14.8. The third-order valence-corrected chi connectivity index (χ3v) is 4.66. The van der Waals surface area contributed by atoms with Crippen molar-refractivity contribution in [3.05, 3.63) is 41.3 Å². The van der Waals surface area contributed by atoms with E-state index in [9.17, 15) is 13.2 Å². The Kier molecular flexibility index (Phi) is 5.28. The summed E-state index contributed by atoms with van der Waals surface area (Å²) >= 11 is 0. The first-order chi connectivity index (χ1) is 11.3. The highest BCUT2D eigenvalue weighted by Crippen LogP contribution is 2.23. The van der Waals surface area contributed by atoms with E-state index in [1.807, 2.05) is 20.8 Å². The predicted octanol–water partition coefficient (Wildman–Crippen LogP) is 2.62. The lowest BCUT2D eigenvalue weighted by molar-refractivity contribution is 0.0978. The van der Waals surface area contributed by atoms with Crippen LogP contribution in [-0.4, -0.2) is 26.1 Å². The lowest BCUT2D eigenvalue weighted by atomic mass is 10.1. The Hall–Kier alpha value is -2.35. The number of sulfonamides is 1. The van der Waals surface area contributed by atoms with Crippen LogP contribution in [0.2, 0.25) is 0 Å². The molecule has 1 aromatic carbocycles. The number of carbonyl (C=O) groups excluding carboxylic acids is 1. The van der Waals surface area contributed by atoms with Gasteiger partial charge in [-0.15, -0.1) is 0 Å². The largest absolute Gasteiger partial charge is 0.494 e. The van der Waals surface area contributed by atoms with Gasteiger partial charge in [0.05, 0.1) is 17.2 Å². The topological polar surface area (TPSA) is 98.5 Å². The standard InChI is InChI=1S/C16H20N2O5S/c1-5-22-12-6-8-13(9-7-12)24(20,21)18-16(19)14-11(4)17-23-15(14)10(2)3/h6-10H,5H2,1-4H3,(H,18,19). The SMILES string of the molecule is CCOc1ccc(S(=O)(=O)NC(=O)c2c(C)noc2C(C)C)cc1. The zero-order chi connectivity index (χ0) is 17.9. The minimum absolute atomic E-state index is 0.0282. The summed E-state index contributed by atoms with van der Waals surface area (Å²) in [6.45, 7) is 7.56. The molecule has 1 heterocycles. The minimum Gasteiger partial charge on any atom is -0.494 e. The molecule has 0 fully saturated rings. The third kappa shape index (κ3) is 3.76. The van der Waals surface area contributed by atoms with Crippen molar-refractivity contribution >= 4 is 15.9 Å². The Balaban J connectivity index is 2.26. The van der Waals surface area contributed by atoms with Crippen molar-refractivity contribution in [2.24, 2.45) is 0 Å². The molecular weight excluding hydrogens is 332 g/mol. The van der Waals surface area contributed by atoms with E-state index >= 15 is 0 Å². The summed E-state index contributed by atoms with van der Waals surface area (Å²) in [6.07, 6.45) is 0. The van der Waals surface area contributed by atoms with Crippen LogP contribution >= 0.6 is 0 Å². The second-order valence-corrected chi connectivity index (χ2v) is 7.18. The molecule has 0 radical (unpaired) electrons. The van der Waals surface area contributed by atoms with Gasteiger partial charge in [-0.3, -0.25) is 4.79 Å². The summed E-state index contributed by atoms with van der Waals surface area (Å²) in [5, 5.41) is 3.75. The maximum absolute atomic E-state index is 12.4. The lowest BCUT2D eigenvalue weighted by Crippen LogP contribution is -2.31. The first-order valence-electron chi connectivity index (χ1n) is 7.52. The van der Waals surface area contributed by atoms with Crippen molar-refractivity contribution in [3.8, 4) is 5.75 Å². The smallest absolute Gasteiger partial charge is 0.270 e. The van der Waals surface area contributed by atoms with Crippen molar-refractivity contribution in [3.63, 3.8) is 0 Å². The van der Waals surface area contributed by atoms with Crippen LogP contribution in [0.25, 0.3) is 0 Å². The Labute approximate surface area is 141 Å². The zero-order valence-electron chi connectivity index (χ0n) is 14.0. The Morgan fingerprint density at radius 3 is 2.46 bits per heavy atom. The van der Waals surface area contributed by atoms with E-state index < -0.39 is 15.9 Å². The van der Waals surface area contributed by atoms with Crippen LogP contribution in [0.4, 0.5) is 0 Å². The maximum atomic E-state index is 12.4. The molecule has 24 heavy (non-hydrogen) atoms. The van der Waals surface area contributed by atoms with Crippen LogP contribution in [0.5, 0.6) is 5.75 Å². The van der Waals surface area contributed by atoms with Gasteiger partial charge in [-0.25, -0.2) is 13.1 Å². The normalized spacial score (nSPS) is 11.5. The number of hydrogen-bond acceptors (Lipinski definition) is 6. The fourth-order valence-corrected chi connectivity index (χ4v) is 3.13. The molecule has 2 rings (SSSR count). The average Bonchev–Trinajstić information content (AvgIpc) is 2.90. The van der Waals surface area contributed by atoms with Crippen LogP contribution in [0.3, 0.4) is 0 Å². The van der Waals surface area contributed by atoms with Crippen LogP contribution in [0.1, 0.15) is 48.5 Å². The number of nitrogens with zero attached hydrogens (tertiary/aromatic N) is 1. The van der Waals surface area contributed by atoms with Gasteiger partial charge in [0.1, 0.15) is 11.3 Å². The third-order valence-electron chi connectivity index (χ3n) is 3.31. The fraction of sp³-hybridized carbons (Fsp3) is 0.375. The molecule has 0 aliphatic rings. The van der Waals surface area contributed by atoms with Crippen molar-refractivity contribution in [1.29, 1.82) is 0 Å². The first-order valence-corrected chi connectivity index (χ1v) is 9.00. The summed E-state index contributed by atoms with van der Waals surface area (Å²) in [7, 11) is -4.00. The molecule has 0 spiro atoms. The monoisotopic (exact) mass is 352 g/mol. The maximum Gasteiger partial charge on any atom is 0.270 e. The fourth-order valence-electron chi connectivity index (χ4n) is 2.17. The van der Waals surface area contributed by atoms with Crippen LogP contribution in [0.15, 0.2) is 33.7 Å². The molecule has 1 amide bonds. The van der Waals surface area contributed by atoms with Crippen molar-refractivity contribution < 1.29 is 22.5 Å². The Morgan fingerprint density at radius 2 is 1.92 bits per heavy atom. The molecule has 0 unspecified atom stereocenters. The average molecular weight is 352 g/mol. The second-order valence-electron chi connectivity index (χ2n) is 5.50. The van der Waals surface area contributed by atoms with Gasteiger partial charge >= 0.3 is 0 Å². The lowest BCUT2D eigenvalue weighted by Gasteiger charge is -2.09. The number of benzene rings is 1. The number of hydrogen-bond donors (Lipinski definition) is 1. The number of aromatic nitrogens is 1. The van der Waals surface area contributed by atoms with Crippen LogP contribution in [0, 0.1) is 6.92 Å². The molecule has 0 aliphatic heterocycles. The molecule has 7 nitrogen and oxygen atoms in total. The van der Waals surface area contributed by atoms with Gasteiger partial charge in [0, 0.05) is 5.92 Å². The summed E-state index contributed by atoms with van der Waals surface area (Å²) in [4.78, 5) is 12.4. The summed E-state index contributed by atoms with van der Waals surface area (Å²) in [5.74, 6) is 0.0538. The highest BCUT2D eigenvalue weighted by Gasteiger charge is 2.26. The quantitative estimate of drug-likeness (QED) is 0.858. The molecule has 2 aromatic rings.